The molecule has 0 radical (unpaired) electrons. The lowest BCUT2D eigenvalue weighted by Gasteiger charge is -2.38. The van der Waals surface area contributed by atoms with Crippen molar-refractivity contribution >= 4 is 21.7 Å². The molecule has 1 atom stereocenters. The van der Waals surface area contributed by atoms with Gasteiger partial charge in [-0.1, -0.05) is 19.3 Å². The monoisotopic (exact) mass is 396 g/mol. The maximum atomic E-state index is 12.6. The highest BCUT2D eigenvalue weighted by atomic mass is 32.2. The third-order valence-corrected chi connectivity index (χ3v) is 8.15. The van der Waals surface area contributed by atoms with Crippen LogP contribution >= 0.6 is 0 Å². The first-order valence-electron chi connectivity index (χ1n) is 10.6. The summed E-state index contributed by atoms with van der Waals surface area (Å²) in [6, 6.07) is 0.886. The van der Waals surface area contributed by atoms with Gasteiger partial charge in [0.2, 0.25) is 5.91 Å². The van der Waals surface area contributed by atoms with Crippen LogP contribution in [0.3, 0.4) is 0 Å². The fourth-order valence-electron chi connectivity index (χ4n) is 4.54. The van der Waals surface area contributed by atoms with Gasteiger partial charge in [-0.15, -0.1) is 0 Å². The maximum Gasteiger partial charge on any atom is 0.242 e. The number of sulfone groups is 1. The predicted molar refractivity (Wildman–Crippen MR) is 105 cm³/mol. The topological polar surface area (TPSA) is 82.1 Å². The van der Waals surface area contributed by atoms with Crippen molar-refractivity contribution in [2.24, 2.45) is 10.9 Å². The number of hydrogen-bond acceptors (Lipinski definition) is 4. The molecule has 2 heterocycles. The van der Waals surface area contributed by atoms with Gasteiger partial charge in [0.05, 0.1) is 18.1 Å². The molecule has 2 aliphatic heterocycles. The number of hydrogen-bond donors (Lipinski definition) is 1. The molecule has 2 aliphatic carbocycles. The maximum absolute atomic E-state index is 12.6. The van der Waals surface area contributed by atoms with Crippen molar-refractivity contribution in [3.63, 3.8) is 0 Å². The van der Waals surface area contributed by atoms with Crippen LogP contribution in [0.1, 0.15) is 51.4 Å². The first-order valence-corrected chi connectivity index (χ1v) is 12.4. The molecule has 0 aromatic heterocycles. The Morgan fingerprint density at radius 2 is 1.85 bits per heavy atom. The summed E-state index contributed by atoms with van der Waals surface area (Å²) in [6.45, 7) is 2.50. The predicted octanol–water partition coefficient (Wildman–Crippen LogP) is 1.01. The standard InChI is InChI=1S/C19H32N4O3S/c24-18-13-22(9-10-23(18)17-6-7-17)19(21-16-4-2-1-3-5-16)20-12-15-8-11-27(25,26)14-15/h15-17H,1-14H2,(H,20,21). The summed E-state index contributed by atoms with van der Waals surface area (Å²) in [5, 5.41) is 3.61. The molecule has 2 saturated carbocycles. The van der Waals surface area contributed by atoms with Crippen LogP contribution in [0.4, 0.5) is 0 Å². The van der Waals surface area contributed by atoms with E-state index in [0.29, 0.717) is 31.6 Å². The Balaban J connectivity index is 1.42. The largest absolute Gasteiger partial charge is 0.353 e. The molecule has 0 aromatic rings. The second-order valence-corrected chi connectivity index (χ2v) is 10.9. The molecule has 152 valence electrons. The van der Waals surface area contributed by atoms with Gasteiger partial charge >= 0.3 is 0 Å². The Labute approximate surface area is 162 Å². The van der Waals surface area contributed by atoms with E-state index in [-0.39, 0.29) is 23.3 Å². The normalized spacial score (nSPS) is 30.0. The van der Waals surface area contributed by atoms with Crippen molar-refractivity contribution in [1.29, 1.82) is 0 Å². The fraction of sp³-hybridized carbons (Fsp3) is 0.895. The molecule has 1 unspecified atom stereocenters. The van der Waals surface area contributed by atoms with Crippen LogP contribution in [-0.2, 0) is 14.6 Å². The third kappa shape index (κ3) is 4.95. The summed E-state index contributed by atoms with van der Waals surface area (Å²) in [5.74, 6) is 1.67. The average Bonchev–Trinajstić information content (AvgIpc) is 3.42. The van der Waals surface area contributed by atoms with Crippen LogP contribution in [0.15, 0.2) is 4.99 Å². The Kier molecular flexibility index (Phi) is 5.62. The number of amides is 1. The van der Waals surface area contributed by atoms with E-state index in [4.69, 9.17) is 4.99 Å². The fourth-order valence-corrected chi connectivity index (χ4v) is 6.39. The van der Waals surface area contributed by atoms with Gasteiger partial charge in [-0.05, 0) is 38.0 Å². The number of carbonyl (C=O) groups is 1. The van der Waals surface area contributed by atoms with E-state index in [9.17, 15) is 13.2 Å². The minimum Gasteiger partial charge on any atom is -0.353 e. The molecule has 4 rings (SSSR count). The van der Waals surface area contributed by atoms with Crippen LogP contribution in [-0.4, -0.2) is 79.9 Å². The average molecular weight is 397 g/mol. The number of guanidine groups is 1. The highest BCUT2D eigenvalue weighted by Gasteiger charge is 2.37. The first kappa shape index (κ1) is 19.0. The summed E-state index contributed by atoms with van der Waals surface area (Å²) >= 11 is 0. The SMILES string of the molecule is O=C1CN(C(=NCC2CCS(=O)(=O)C2)NC2CCCCC2)CCN1C1CC1. The minimum absolute atomic E-state index is 0.113. The van der Waals surface area contributed by atoms with Crippen molar-refractivity contribution in [3.8, 4) is 0 Å². The van der Waals surface area contributed by atoms with Crippen LogP contribution in [0, 0.1) is 5.92 Å². The number of carbonyl (C=O) groups excluding carboxylic acids is 1. The summed E-state index contributed by atoms with van der Waals surface area (Å²) in [7, 11) is -2.88. The van der Waals surface area contributed by atoms with Crippen LogP contribution in [0.5, 0.6) is 0 Å². The van der Waals surface area contributed by atoms with E-state index in [2.05, 4.69) is 10.2 Å². The number of piperazine rings is 1. The summed E-state index contributed by atoms with van der Waals surface area (Å²) in [5.41, 5.74) is 0. The number of nitrogens with zero attached hydrogens (tertiary/aromatic N) is 3. The molecular weight excluding hydrogens is 364 g/mol. The van der Waals surface area contributed by atoms with Gasteiger partial charge in [0.15, 0.2) is 15.8 Å². The molecule has 0 aromatic carbocycles. The quantitative estimate of drug-likeness (QED) is 0.566. The molecule has 4 fully saturated rings. The smallest absolute Gasteiger partial charge is 0.242 e. The lowest BCUT2D eigenvalue weighted by Crippen LogP contribution is -2.57. The van der Waals surface area contributed by atoms with Crippen LogP contribution in [0.25, 0.3) is 0 Å². The Morgan fingerprint density at radius 3 is 2.48 bits per heavy atom. The third-order valence-electron chi connectivity index (χ3n) is 6.31. The van der Waals surface area contributed by atoms with Crippen molar-refractivity contribution < 1.29 is 13.2 Å². The Morgan fingerprint density at radius 1 is 1.07 bits per heavy atom. The summed E-state index contributed by atoms with van der Waals surface area (Å²) in [4.78, 5) is 21.5. The van der Waals surface area contributed by atoms with Gasteiger partial charge in [-0.2, -0.15) is 0 Å². The van der Waals surface area contributed by atoms with Gasteiger partial charge < -0.3 is 15.1 Å². The minimum atomic E-state index is -2.88. The lowest BCUT2D eigenvalue weighted by atomic mass is 9.96. The van der Waals surface area contributed by atoms with Crippen LogP contribution in [0.2, 0.25) is 0 Å². The number of rotatable bonds is 4. The number of nitrogens with one attached hydrogen (secondary N) is 1. The van der Waals surface area contributed by atoms with Crippen LogP contribution < -0.4 is 5.32 Å². The van der Waals surface area contributed by atoms with Gasteiger partial charge in [-0.25, -0.2) is 8.42 Å². The summed E-state index contributed by atoms with van der Waals surface area (Å²) < 4.78 is 23.5. The zero-order valence-electron chi connectivity index (χ0n) is 16.1. The second kappa shape index (κ2) is 7.97. The van der Waals surface area contributed by atoms with Gasteiger partial charge in [0, 0.05) is 31.7 Å². The first-order chi connectivity index (χ1) is 13.0. The molecule has 4 aliphatic rings. The van der Waals surface area contributed by atoms with E-state index in [1.165, 1.54) is 19.3 Å². The second-order valence-electron chi connectivity index (χ2n) is 8.65. The molecule has 2 saturated heterocycles. The molecule has 27 heavy (non-hydrogen) atoms. The highest BCUT2D eigenvalue weighted by Crippen LogP contribution is 2.28. The number of aliphatic imine (C=N–C) groups is 1. The van der Waals surface area contributed by atoms with E-state index in [0.717, 1.165) is 44.7 Å². The zero-order valence-corrected chi connectivity index (χ0v) is 16.9. The van der Waals surface area contributed by atoms with Gasteiger partial charge in [0.1, 0.15) is 0 Å². The van der Waals surface area contributed by atoms with E-state index in [1.807, 2.05) is 4.90 Å². The van der Waals surface area contributed by atoms with E-state index in [1.54, 1.807) is 0 Å². The molecule has 1 amide bonds. The van der Waals surface area contributed by atoms with Gasteiger partial charge in [0.25, 0.3) is 0 Å². The molecule has 8 heteroatoms. The Bertz CT molecular complexity index is 683. The molecule has 0 bridgehead atoms. The molecule has 1 N–H and O–H groups in total. The van der Waals surface area contributed by atoms with Crippen molar-refractivity contribution in [2.45, 2.75) is 63.5 Å². The highest BCUT2D eigenvalue weighted by molar-refractivity contribution is 7.91. The Hall–Kier alpha value is -1.31. The zero-order chi connectivity index (χ0) is 18.9. The van der Waals surface area contributed by atoms with Crippen molar-refractivity contribution in [1.82, 2.24) is 15.1 Å². The molecule has 0 spiro atoms. The van der Waals surface area contributed by atoms with Crippen molar-refractivity contribution in [2.75, 3.05) is 37.7 Å². The molecular formula is C19H32N4O3S. The van der Waals surface area contributed by atoms with E-state index < -0.39 is 9.84 Å². The van der Waals surface area contributed by atoms with Gasteiger partial charge in [-0.3, -0.25) is 9.79 Å². The summed E-state index contributed by atoms with van der Waals surface area (Å²) in [6.07, 6.45) is 9.05. The lowest BCUT2D eigenvalue weighted by molar-refractivity contribution is -0.135. The molecule has 7 nitrogen and oxygen atoms in total. The van der Waals surface area contributed by atoms with Crippen molar-refractivity contribution in [3.05, 3.63) is 0 Å². The van der Waals surface area contributed by atoms with E-state index >= 15 is 0 Å².